The molecule has 0 saturated carbocycles. The van der Waals surface area contributed by atoms with Gasteiger partial charge in [-0.2, -0.15) is 0 Å². The van der Waals surface area contributed by atoms with Gasteiger partial charge in [-0.05, 0) is 54.7 Å². The summed E-state index contributed by atoms with van der Waals surface area (Å²) >= 11 is 0. The maximum Gasteiger partial charge on any atom is 0.115 e. The van der Waals surface area contributed by atoms with E-state index in [-0.39, 0.29) is 0 Å². The lowest BCUT2D eigenvalue weighted by atomic mass is 9.92. The number of hydrogen-bond donors (Lipinski definition) is 1. The quantitative estimate of drug-likeness (QED) is 0.808. The summed E-state index contributed by atoms with van der Waals surface area (Å²) in [5.74, 6) is 0.734. The largest absolute Gasteiger partial charge is 0.508 e. The first kappa shape index (κ1) is 10.3. The maximum atomic E-state index is 9.46. The van der Waals surface area contributed by atoms with Crippen LogP contribution in [-0.2, 0) is 6.42 Å². The third-order valence-electron chi connectivity index (χ3n) is 3.59. The van der Waals surface area contributed by atoms with Gasteiger partial charge in [0.1, 0.15) is 5.75 Å². The van der Waals surface area contributed by atoms with Gasteiger partial charge >= 0.3 is 0 Å². The molecule has 17 heavy (non-hydrogen) atoms. The second kappa shape index (κ2) is 3.88. The van der Waals surface area contributed by atoms with E-state index in [4.69, 9.17) is 0 Å². The summed E-state index contributed by atoms with van der Waals surface area (Å²) in [6, 6.07) is 9.79. The second-order valence-corrected chi connectivity index (χ2v) is 4.68. The minimum Gasteiger partial charge on any atom is -0.508 e. The normalized spacial score (nSPS) is 18.1. The molecule has 1 aromatic carbocycles. The molecular weight excluding hydrogens is 210 g/mol. The Bertz CT molecular complexity index is 563. The summed E-state index contributed by atoms with van der Waals surface area (Å²) in [7, 11) is 0. The maximum absolute atomic E-state index is 9.46. The van der Waals surface area contributed by atoms with Crippen molar-refractivity contribution in [1.29, 1.82) is 0 Å². The van der Waals surface area contributed by atoms with Crippen molar-refractivity contribution in [1.82, 2.24) is 4.98 Å². The molecule has 0 aliphatic heterocycles. The number of fused-ring (bicyclic) bond motifs is 1. The van der Waals surface area contributed by atoms with Crippen molar-refractivity contribution >= 4 is 0 Å². The number of hydrogen-bond acceptors (Lipinski definition) is 2. The predicted molar refractivity (Wildman–Crippen MR) is 67.2 cm³/mol. The van der Waals surface area contributed by atoms with Crippen molar-refractivity contribution in [2.75, 3.05) is 0 Å². The molecular formula is C15H15NO. The van der Waals surface area contributed by atoms with Crippen molar-refractivity contribution in [2.45, 2.75) is 25.7 Å². The SMILES string of the molecule is Cc1cc(O)ccc1C1CCc2cccnc21. The Morgan fingerprint density at radius 1 is 1.29 bits per heavy atom. The molecule has 0 saturated heterocycles. The van der Waals surface area contributed by atoms with Gasteiger partial charge in [0.15, 0.2) is 0 Å². The molecule has 1 aliphatic rings. The molecule has 0 amide bonds. The van der Waals surface area contributed by atoms with Crippen molar-refractivity contribution in [3.8, 4) is 5.75 Å². The van der Waals surface area contributed by atoms with Gasteiger partial charge in [0.05, 0.1) is 5.69 Å². The molecule has 2 nitrogen and oxygen atoms in total. The van der Waals surface area contributed by atoms with E-state index in [1.54, 1.807) is 6.07 Å². The Morgan fingerprint density at radius 3 is 3.00 bits per heavy atom. The van der Waals surface area contributed by atoms with Crippen molar-refractivity contribution in [2.24, 2.45) is 0 Å². The van der Waals surface area contributed by atoms with Gasteiger partial charge < -0.3 is 5.11 Å². The van der Waals surface area contributed by atoms with Crippen LogP contribution < -0.4 is 0 Å². The lowest BCUT2D eigenvalue weighted by molar-refractivity contribution is 0.474. The molecule has 0 bridgehead atoms. The average Bonchev–Trinajstić information content (AvgIpc) is 2.73. The molecule has 1 unspecified atom stereocenters. The fourth-order valence-electron chi connectivity index (χ4n) is 2.77. The van der Waals surface area contributed by atoms with Crippen LogP contribution in [0.1, 0.15) is 34.7 Å². The fourth-order valence-corrected chi connectivity index (χ4v) is 2.77. The van der Waals surface area contributed by atoms with Crippen molar-refractivity contribution < 1.29 is 5.11 Å². The number of aromatic hydroxyl groups is 1. The van der Waals surface area contributed by atoms with Crippen molar-refractivity contribution in [3.05, 3.63) is 58.9 Å². The van der Waals surface area contributed by atoms with E-state index >= 15 is 0 Å². The molecule has 1 heterocycles. The van der Waals surface area contributed by atoms with Crippen LogP contribution >= 0.6 is 0 Å². The van der Waals surface area contributed by atoms with E-state index < -0.39 is 0 Å². The van der Waals surface area contributed by atoms with Crippen LogP contribution in [0, 0.1) is 6.92 Å². The number of pyridine rings is 1. The molecule has 2 heteroatoms. The average molecular weight is 225 g/mol. The van der Waals surface area contributed by atoms with E-state index in [0.29, 0.717) is 11.7 Å². The molecule has 3 rings (SSSR count). The lowest BCUT2D eigenvalue weighted by Crippen LogP contribution is -2.00. The standard InChI is InChI=1S/C15H15NO/c1-10-9-12(17)5-7-13(10)14-6-4-11-3-2-8-16-15(11)14/h2-3,5,7-9,14,17H,4,6H2,1H3. The number of benzene rings is 1. The van der Waals surface area contributed by atoms with Crippen LogP contribution in [0.4, 0.5) is 0 Å². The van der Waals surface area contributed by atoms with Crippen LogP contribution in [-0.4, -0.2) is 10.1 Å². The molecule has 0 spiro atoms. The summed E-state index contributed by atoms with van der Waals surface area (Å²) in [5.41, 5.74) is 5.01. The molecule has 1 aliphatic carbocycles. The zero-order valence-electron chi connectivity index (χ0n) is 9.85. The number of aryl methyl sites for hydroxylation is 2. The predicted octanol–water partition coefficient (Wildman–Crippen LogP) is 3.17. The molecule has 0 radical (unpaired) electrons. The van der Waals surface area contributed by atoms with E-state index in [0.717, 1.165) is 18.4 Å². The van der Waals surface area contributed by atoms with E-state index in [1.165, 1.54) is 16.8 Å². The molecule has 1 aromatic heterocycles. The van der Waals surface area contributed by atoms with Crippen molar-refractivity contribution in [3.63, 3.8) is 0 Å². The molecule has 1 atom stereocenters. The van der Waals surface area contributed by atoms with Gasteiger partial charge in [0, 0.05) is 12.1 Å². The van der Waals surface area contributed by atoms with Crippen LogP contribution in [0.2, 0.25) is 0 Å². The first-order chi connectivity index (χ1) is 8.25. The first-order valence-electron chi connectivity index (χ1n) is 5.99. The minimum absolute atomic E-state index is 0.338. The highest BCUT2D eigenvalue weighted by Gasteiger charge is 2.25. The van der Waals surface area contributed by atoms with Gasteiger partial charge in [0.2, 0.25) is 0 Å². The topological polar surface area (TPSA) is 33.1 Å². The van der Waals surface area contributed by atoms with Gasteiger partial charge in [-0.1, -0.05) is 12.1 Å². The van der Waals surface area contributed by atoms with Gasteiger partial charge in [-0.15, -0.1) is 0 Å². The first-order valence-corrected chi connectivity index (χ1v) is 5.99. The van der Waals surface area contributed by atoms with Gasteiger partial charge in [-0.25, -0.2) is 0 Å². The zero-order chi connectivity index (χ0) is 11.8. The summed E-state index contributed by atoms with van der Waals surface area (Å²) < 4.78 is 0. The Kier molecular flexibility index (Phi) is 2.36. The third-order valence-corrected chi connectivity index (χ3v) is 3.59. The lowest BCUT2D eigenvalue weighted by Gasteiger charge is -2.14. The summed E-state index contributed by atoms with van der Waals surface area (Å²) in [6.07, 6.45) is 4.10. The smallest absolute Gasteiger partial charge is 0.115 e. The highest BCUT2D eigenvalue weighted by atomic mass is 16.3. The number of nitrogens with zero attached hydrogens (tertiary/aromatic N) is 1. The third kappa shape index (κ3) is 1.70. The Hall–Kier alpha value is -1.83. The number of rotatable bonds is 1. The van der Waals surface area contributed by atoms with Crippen LogP contribution in [0.3, 0.4) is 0 Å². The molecule has 1 N–H and O–H groups in total. The summed E-state index contributed by atoms with van der Waals surface area (Å²) in [4.78, 5) is 4.52. The summed E-state index contributed by atoms with van der Waals surface area (Å²) in [5, 5.41) is 9.46. The van der Waals surface area contributed by atoms with Gasteiger partial charge in [0.25, 0.3) is 0 Å². The number of aromatic nitrogens is 1. The van der Waals surface area contributed by atoms with E-state index in [1.807, 2.05) is 24.4 Å². The second-order valence-electron chi connectivity index (χ2n) is 4.68. The summed E-state index contributed by atoms with van der Waals surface area (Å²) in [6.45, 7) is 2.05. The van der Waals surface area contributed by atoms with Gasteiger partial charge in [-0.3, -0.25) is 4.98 Å². The number of phenolic OH excluding ortho intramolecular Hbond substituents is 1. The molecule has 86 valence electrons. The molecule has 2 aromatic rings. The van der Waals surface area contributed by atoms with E-state index in [9.17, 15) is 5.11 Å². The zero-order valence-corrected chi connectivity index (χ0v) is 9.85. The highest BCUT2D eigenvalue weighted by molar-refractivity contribution is 5.43. The Morgan fingerprint density at radius 2 is 2.18 bits per heavy atom. The highest BCUT2D eigenvalue weighted by Crippen LogP contribution is 2.38. The van der Waals surface area contributed by atoms with E-state index in [2.05, 4.69) is 18.0 Å². The Labute approximate surface area is 101 Å². The van der Waals surface area contributed by atoms with Crippen LogP contribution in [0.5, 0.6) is 5.75 Å². The number of phenols is 1. The Balaban J connectivity index is 2.07. The van der Waals surface area contributed by atoms with Crippen LogP contribution in [0.25, 0.3) is 0 Å². The fraction of sp³-hybridized carbons (Fsp3) is 0.267. The molecule has 0 fully saturated rings. The van der Waals surface area contributed by atoms with Crippen LogP contribution in [0.15, 0.2) is 36.5 Å². The monoisotopic (exact) mass is 225 g/mol. The minimum atomic E-state index is 0.338.